The lowest BCUT2D eigenvalue weighted by Crippen LogP contribution is -2.56. The zero-order chi connectivity index (χ0) is 26.4. The number of anilines is 1. The molecule has 1 N–H and O–H groups in total. The van der Waals surface area contributed by atoms with Crippen LogP contribution >= 0.6 is 0 Å². The summed E-state index contributed by atoms with van der Waals surface area (Å²) >= 11 is 0. The van der Waals surface area contributed by atoms with Gasteiger partial charge in [0.25, 0.3) is 0 Å². The highest BCUT2D eigenvalue weighted by Gasteiger charge is 2.53. The Morgan fingerprint density at radius 3 is 2.28 bits per heavy atom. The van der Waals surface area contributed by atoms with E-state index in [-0.39, 0.29) is 42.6 Å². The molecular formula is C22H20F6N4O3S. The van der Waals surface area contributed by atoms with Crippen molar-refractivity contribution in [3.05, 3.63) is 46.9 Å². The maximum Gasteiger partial charge on any atom is 0.419 e. The zero-order valence-electron chi connectivity index (χ0n) is 19.0. The summed E-state index contributed by atoms with van der Waals surface area (Å²) < 4.78 is 110. The van der Waals surface area contributed by atoms with Crippen LogP contribution in [0.2, 0.25) is 0 Å². The number of aromatic hydroxyl groups is 1. The number of piperazine rings is 1. The molecule has 0 atom stereocenters. The van der Waals surface area contributed by atoms with Crippen molar-refractivity contribution in [2.45, 2.75) is 31.5 Å². The van der Waals surface area contributed by atoms with Crippen molar-refractivity contribution in [3.63, 3.8) is 0 Å². The second-order valence-electron chi connectivity index (χ2n) is 9.21. The number of hydrogen-bond acceptors (Lipinski definition) is 5. The summed E-state index contributed by atoms with van der Waals surface area (Å²) in [5, 5.41) is 14.0. The Labute approximate surface area is 201 Å². The maximum absolute atomic E-state index is 15.4. The van der Waals surface area contributed by atoms with E-state index in [2.05, 4.69) is 5.10 Å². The number of aromatic nitrogens is 2. The van der Waals surface area contributed by atoms with Gasteiger partial charge in [-0.1, -0.05) is 0 Å². The summed E-state index contributed by atoms with van der Waals surface area (Å²) in [6.45, 7) is 2.05. The van der Waals surface area contributed by atoms with Crippen molar-refractivity contribution in [3.8, 4) is 11.4 Å². The topological polar surface area (TPSA) is 78.7 Å². The monoisotopic (exact) mass is 534 g/mol. The van der Waals surface area contributed by atoms with Crippen LogP contribution in [0.4, 0.5) is 32.0 Å². The Kier molecular flexibility index (Phi) is 5.31. The number of fused-ring (bicyclic) bond motifs is 1. The fourth-order valence-electron chi connectivity index (χ4n) is 4.81. The van der Waals surface area contributed by atoms with Gasteiger partial charge in [-0.05, 0) is 31.9 Å². The number of sulfonamides is 1. The molecule has 14 heteroatoms. The van der Waals surface area contributed by atoms with Gasteiger partial charge in [0.1, 0.15) is 11.5 Å². The molecule has 2 aromatic carbocycles. The number of hydrogen-bond donors (Lipinski definition) is 1. The number of alkyl halides is 3. The molecule has 2 fully saturated rings. The first-order chi connectivity index (χ1) is 16.6. The van der Waals surface area contributed by atoms with Crippen molar-refractivity contribution >= 4 is 26.6 Å². The highest BCUT2D eigenvalue weighted by molar-refractivity contribution is 7.88. The van der Waals surface area contributed by atoms with E-state index >= 15 is 4.39 Å². The molecule has 7 nitrogen and oxygen atoms in total. The molecule has 0 amide bonds. The minimum atomic E-state index is -5.23. The lowest BCUT2D eigenvalue weighted by Gasteiger charge is -2.42. The van der Waals surface area contributed by atoms with Crippen molar-refractivity contribution in [1.82, 2.24) is 14.1 Å². The van der Waals surface area contributed by atoms with Crippen LogP contribution in [0.15, 0.2) is 18.2 Å². The van der Waals surface area contributed by atoms with Gasteiger partial charge in [-0.15, -0.1) is 0 Å². The second kappa shape index (κ2) is 7.75. The van der Waals surface area contributed by atoms with Crippen molar-refractivity contribution in [1.29, 1.82) is 0 Å². The first-order valence-electron chi connectivity index (χ1n) is 10.8. The molecule has 2 heterocycles. The number of aryl methyl sites for hydroxylation is 1. The molecule has 1 aliphatic heterocycles. The summed E-state index contributed by atoms with van der Waals surface area (Å²) in [7, 11) is -3.43. The van der Waals surface area contributed by atoms with Gasteiger partial charge in [0.05, 0.1) is 34.3 Å². The van der Waals surface area contributed by atoms with Crippen LogP contribution in [0.1, 0.15) is 24.1 Å². The molecular weight excluding hydrogens is 514 g/mol. The van der Waals surface area contributed by atoms with Crippen LogP contribution in [0, 0.1) is 24.4 Å². The Hall–Kier alpha value is -3.00. The predicted molar refractivity (Wildman–Crippen MR) is 118 cm³/mol. The van der Waals surface area contributed by atoms with Gasteiger partial charge >= 0.3 is 6.18 Å². The van der Waals surface area contributed by atoms with E-state index in [0.29, 0.717) is 22.9 Å². The predicted octanol–water partition coefficient (Wildman–Crippen LogP) is 4.09. The van der Waals surface area contributed by atoms with E-state index in [1.165, 1.54) is 17.3 Å². The molecule has 1 aromatic heterocycles. The molecule has 194 valence electrons. The van der Waals surface area contributed by atoms with Gasteiger partial charge in [0, 0.05) is 31.1 Å². The quantitative estimate of drug-likeness (QED) is 0.513. The van der Waals surface area contributed by atoms with Gasteiger partial charge in [0.15, 0.2) is 17.4 Å². The lowest BCUT2D eigenvalue weighted by molar-refractivity contribution is -0.140. The largest absolute Gasteiger partial charge is 0.503 e. The number of rotatable bonds is 3. The van der Waals surface area contributed by atoms with E-state index in [4.69, 9.17) is 0 Å². The number of nitrogens with zero attached hydrogens (tertiary/aromatic N) is 4. The van der Waals surface area contributed by atoms with Crippen LogP contribution in [0.3, 0.4) is 0 Å². The summed E-state index contributed by atoms with van der Waals surface area (Å²) in [5.41, 5.74) is -3.07. The van der Waals surface area contributed by atoms with E-state index in [0.717, 1.165) is 12.3 Å². The Morgan fingerprint density at radius 2 is 1.69 bits per heavy atom. The highest BCUT2D eigenvalue weighted by atomic mass is 32.2. The van der Waals surface area contributed by atoms with E-state index < -0.39 is 56.2 Å². The molecule has 3 aromatic rings. The Morgan fingerprint density at radius 1 is 1.03 bits per heavy atom. The molecule has 2 aliphatic rings. The van der Waals surface area contributed by atoms with Crippen molar-refractivity contribution in [2.75, 3.05) is 30.8 Å². The average molecular weight is 534 g/mol. The summed E-state index contributed by atoms with van der Waals surface area (Å²) in [5.74, 6) is -6.43. The molecule has 36 heavy (non-hydrogen) atoms. The molecule has 0 unspecified atom stereocenters. The number of phenolic OH excluding ortho intramolecular Hbond substituents is 1. The van der Waals surface area contributed by atoms with Crippen LogP contribution in [0.25, 0.3) is 16.6 Å². The van der Waals surface area contributed by atoms with E-state index in [1.807, 2.05) is 0 Å². The minimum Gasteiger partial charge on any atom is -0.503 e. The maximum atomic E-state index is 15.4. The van der Waals surface area contributed by atoms with Gasteiger partial charge in [-0.2, -0.15) is 22.6 Å². The zero-order valence-corrected chi connectivity index (χ0v) is 19.8. The van der Waals surface area contributed by atoms with E-state index in [1.54, 1.807) is 4.90 Å². The van der Waals surface area contributed by atoms with Crippen LogP contribution in [-0.2, 0) is 16.2 Å². The fraction of sp³-hybridized carbons (Fsp3) is 0.409. The average Bonchev–Trinajstić information content (AvgIpc) is 3.46. The first kappa shape index (κ1) is 24.7. The number of phenols is 1. The van der Waals surface area contributed by atoms with Gasteiger partial charge in [-0.3, -0.25) is 0 Å². The van der Waals surface area contributed by atoms with Gasteiger partial charge in [0.2, 0.25) is 10.0 Å². The molecule has 0 bridgehead atoms. The molecule has 5 rings (SSSR count). The third-order valence-electron chi connectivity index (χ3n) is 6.83. The molecule has 1 aliphatic carbocycles. The minimum absolute atomic E-state index is 0.0913. The smallest absolute Gasteiger partial charge is 0.419 e. The molecule has 1 saturated heterocycles. The number of halogens is 6. The van der Waals surface area contributed by atoms with E-state index in [9.17, 15) is 35.5 Å². The standard InChI is InChI=1S/C22H20F6N4O3S/c1-11-12-7-16(31-6-5-30(36(2,34)35)10-21(31)3-4-21)14(23)9-15(12)32(29-11)17-8-13(22(26,27)28)18(24)20(33)19(17)25/h7-9,33H,3-6,10H2,1-2H3. The Bertz CT molecular complexity index is 1510. The summed E-state index contributed by atoms with van der Waals surface area (Å²) in [4.78, 5) is 1.78. The Balaban J connectivity index is 1.63. The van der Waals surface area contributed by atoms with Crippen LogP contribution in [0.5, 0.6) is 5.75 Å². The van der Waals surface area contributed by atoms with Crippen LogP contribution < -0.4 is 4.90 Å². The third-order valence-corrected chi connectivity index (χ3v) is 8.08. The highest BCUT2D eigenvalue weighted by Crippen LogP contribution is 2.48. The number of benzene rings is 2. The third kappa shape index (κ3) is 3.77. The lowest BCUT2D eigenvalue weighted by atomic mass is 10.1. The normalized spacial score (nSPS) is 18.4. The second-order valence-corrected chi connectivity index (χ2v) is 11.2. The molecule has 0 radical (unpaired) electrons. The van der Waals surface area contributed by atoms with Gasteiger partial charge < -0.3 is 10.0 Å². The summed E-state index contributed by atoms with van der Waals surface area (Å²) in [6, 6.07) is 2.59. The van der Waals surface area contributed by atoms with Crippen LogP contribution in [-0.4, -0.2) is 59.0 Å². The molecule has 1 saturated carbocycles. The van der Waals surface area contributed by atoms with Gasteiger partial charge in [-0.25, -0.2) is 26.3 Å². The summed E-state index contributed by atoms with van der Waals surface area (Å²) in [6.07, 6.45) is -2.82. The molecule has 1 spiro atoms. The van der Waals surface area contributed by atoms with Crippen molar-refractivity contribution in [2.24, 2.45) is 0 Å². The van der Waals surface area contributed by atoms with Crippen molar-refractivity contribution < 1.29 is 39.9 Å². The first-order valence-corrected chi connectivity index (χ1v) is 12.7. The SMILES string of the molecule is Cc1nn(-c2cc(C(F)(F)F)c(F)c(O)c2F)c2cc(F)c(N3CCN(S(C)(=O)=O)CC34CC4)cc12. The fourth-order valence-corrected chi connectivity index (χ4v) is 5.69.